The van der Waals surface area contributed by atoms with E-state index in [2.05, 4.69) is 35.8 Å². The summed E-state index contributed by atoms with van der Waals surface area (Å²) in [6, 6.07) is 0. The van der Waals surface area contributed by atoms with Crippen LogP contribution in [0.25, 0.3) is 0 Å². The summed E-state index contributed by atoms with van der Waals surface area (Å²) in [5, 5.41) is 0. The van der Waals surface area contributed by atoms with Crippen LogP contribution >= 0.6 is 0 Å². The van der Waals surface area contributed by atoms with Crippen LogP contribution in [-0.2, 0) is 5.41 Å². The Morgan fingerprint density at radius 3 is 2.92 bits per heavy atom. The van der Waals surface area contributed by atoms with Gasteiger partial charge >= 0.3 is 0 Å². The standard InChI is InChI=1S/C9H13N3/c1-9(2)5-12(3)7-4-10-6-11-8(7)9/h4,6H,5H2,1-3H3. The highest BCUT2D eigenvalue weighted by Crippen LogP contribution is 2.36. The molecule has 1 aliphatic heterocycles. The lowest BCUT2D eigenvalue weighted by molar-refractivity contribution is 0.548. The van der Waals surface area contributed by atoms with E-state index < -0.39 is 0 Å². The van der Waals surface area contributed by atoms with Crippen LogP contribution in [0.1, 0.15) is 19.5 Å². The van der Waals surface area contributed by atoms with Crippen molar-refractivity contribution in [1.82, 2.24) is 9.97 Å². The predicted octanol–water partition coefficient (Wildman–Crippen LogP) is 1.20. The molecule has 0 aromatic carbocycles. The van der Waals surface area contributed by atoms with Crippen LogP contribution in [-0.4, -0.2) is 23.6 Å². The third kappa shape index (κ3) is 0.891. The van der Waals surface area contributed by atoms with Crippen molar-refractivity contribution in [3.8, 4) is 0 Å². The van der Waals surface area contributed by atoms with Gasteiger partial charge in [0.05, 0.1) is 17.6 Å². The van der Waals surface area contributed by atoms with Gasteiger partial charge in [0.2, 0.25) is 0 Å². The van der Waals surface area contributed by atoms with E-state index in [4.69, 9.17) is 0 Å². The number of hydrogen-bond donors (Lipinski definition) is 0. The summed E-state index contributed by atoms with van der Waals surface area (Å²) in [7, 11) is 2.08. The molecule has 3 nitrogen and oxygen atoms in total. The Balaban J connectivity index is 2.58. The summed E-state index contributed by atoms with van der Waals surface area (Å²) >= 11 is 0. The first-order valence-corrected chi connectivity index (χ1v) is 4.13. The molecule has 0 aliphatic carbocycles. The summed E-state index contributed by atoms with van der Waals surface area (Å²) in [6.45, 7) is 5.45. The summed E-state index contributed by atoms with van der Waals surface area (Å²) in [5.74, 6) is 0. The zero-order valence-corrected chi connectivity index (χ0v) is 7.70. The fourth-order valence-corrected chi connectivity index (χ4v) is 1.88. The lowest BCUT2D eigenvalue weighted by atomic mass is 9.92. The number of rotatable bonds is 0. The van der Waals surface area contributed by atoms with Gasteiger partial charge in [0.1, 0.15) is 6.33 Å². The van der Waals surface area contributed by atoms with Crippen molar-refractivity contribution in [1.29, 1.82) is 0 Å². The fourth-order valence-electron chi connectivity index (χ4n) is 1.88. The molecule has 64 valence electrons. The van der Waals surface area contributed by atoms with E-state index in [-0.39, 0.29) is 5.41 Å². The Labute approximate surface area is 72.4 Å². The topological polar surface area (TPSA) is 29.0 Å². The molecule has 1 aliphatic rings. The molecule has 0 bridgehead atoms. The van der Waals surface area contributed by atoms with Crippen molar-refractivity contribution in [3.05, 3.63) is 18.2 Å². The molecule has 1 aromatic heterocycles. The molecular weight excluding hydrogens is 150 g/mol. The van der Waals surface area contributed by atoms with Crippen LogP contribution in [0.5, 0.6) is 0 Å². The molecule has 12 heavy (non-hydrogen) atoms. The third-order valence-electron chi connectivity index (χ3n) is 2.38. The van der Waals surface area contributed by atoms with Crippen molar-refractivity contribution in [2.24, 2.45) is 0 Å². The van der Waals surface area contributed by atoms with Crippen molar-refractivity contribution in [3.63, 3.8) is 0 Å². The van der Waals surface area contributed by atoms with Gasteiger partial charge in [-0.15, -0.1) is 0 Å². The average molecular weight is 163 g/mol. The highest BCUT2D eigenvalue weighted by Gasteiger charge is 2.34. The van der Waals surface area contributed by atoms with E-state index in [0.29, 0.717) is 0 Å². The zero-order valence-electron chi connectivity index (χ0n) is 7.70. The maximum absolute atomic E-state index is 4.31. The Kier molecular flexibility index (Phi) is 1.37. The van der Waals surface area contributed by atoms with Gasteiger partial charge < -0.3 is 4.90 Å². The number of anilines is 1. The number of fused-ring (bicyclic) bond motifs is 1. The highest BCUT2D eigenvalue weighted by molar-refractivity contribution is 5.56. The molecule has 0 spiro atoms. The zero-order chi connectivity index (χ0) is 8.77. The second kappa shape index (κ2) is 2.19. The van der Waals surface area contributed by atoms with Gasteiger partial charge in [0.15, 0.2) is 0 Å². The Morgan fingerprint density at radius 2 is 2.25 bits per heavy atom. The molecule has 0 N–H and O–H groups in total. The van der Waals surface area contributed by atoms with Crippen molar-refractivity contribution >= 4 is 5.69 Å². The Bertz CT molecular complexity index is 306. The predicted molar refractivity (Wildman–Crippen MR) is 48.3 cm³/mol. The maximum atomic E-state index is 4.31. The molecule has 1 aromatic rings. The smallest absolute Gasteiger partial charge is 0.115 e. The van der Waals surface area contributed by atoms with Gasteiger partial charge in [0, 0.05) is 19.0 Å². The molecule has 2 rings (SSSR count). The second-order valence-electron chi connectivity index (χ2n) is 4.00. The van der Waals surface area contributed by atoms with Gasteiger partial charge in [-0.2, -0.15) is 0 Å². The lowest BCUT2D eigenvalue weighted by Crippen LogP contribution is -2.25. The summed E-state index contributed by atoms with van der Waals surface area (Å²) in [6.07, 6.45) is 3.51. The van der Waals surface area contributed by atoms with Crippen LogP contribution < -0.4 is 4.90 Å². The van der Waals surface area contributed by atoms with Gasteiger partial charge in [-0.1, -0.05) is 13.8 Å². The Morgan fingerprint density at radius 1 is 1.50 bits per heavy atom. The minimum absolute atomic E-state index is 0.174. The average Bonchev–Trinajstić information content (AvgIpc) is 2.25. The molecule has 0 saturated heterocycles. The van der Waals surface area contributed by atoms with Crippen LogP contribution in [0, 0.1) is 0 Å². The molecule has 0 saturated carbocycles. The van der Waals surface area contributed by atoms with Crippen molar-refractivity contribution < 1.29 is 0 Å². The first kappa shape index (κ1) is 7.53. The first-order chi connectivity index (χ1) is 5.61. The Hall–Kier alpha value is -1.12. The quantitative estimate of drug-likeness (QED) is 0.575. The van der Waals surface area contributed by atoms with E-state index in [1.54, 1.807) is 6.33 Å². The number of hydrogen-bond acceptors (Lipinski definition) is 3. The monoisotopic (exact) mass is 163 g/mol. The van der Waals surface area contributed by atoms with Gasteiger partial charge in [-0.25, -0.2) is 9.97 Å². The SMILES string of the molecule is CN1CC(C)(C)c2ncncc21. The summed E-state index contributed by atoms with van der Waals surface area (Å²) in [4.78, 5) is 10.5. The van der Waals surface area contributed by atoms with E-state index in [0.717, 1.165) is 6.54 Å². The maximum Gasteiger partial charge on any atom is 0.115 e. The summed E-state index contributed by atoms with van der Waals surface area (Å²) < 4.78 is 0. The minimum Gasteiger partial charge on any atom is -0.371 e. The number of aromatic nitrogens is 2. The van der Waals surface area contributed by atoms with E-state index in [1.165, 1.54) is 11.4 Å². The number of likely N-dealkylation sites (N-methyl/N-ethyl adjacent to an activating group) is 1. The lowest BCUT2D eigenvalue weighted by Gasteiger charge is -2.17. The summed E-state index contributed by atoms with van der Waals surface area (Å²) in [5.41, 5.74) is 2.51. The van der Waals surface area contributed by atoms with Crippen molar-refractivity contribution in [2.75, 3.05) is 18.5 Å². The normalized spacial score (nSPS) is 19.4. The molecule has 0 atom stereocenters. The number of nitrogens with zero attached hydrogens (tertiary/aromatic N) is 3. The van der Waals surface area contributed by atoms with Crippen LogP contribution in [0.3, 0.4) is 0 Å². The van der Waals surface area contributed by atoms with E-state index in [1.807, 2.05) is 6.20 Å². The van der Waals surface area contributed by atoms with Crippen molar-refractivity contribution in [2.45, 2.75) is 19.3 Å². The molecule has 0 unspecified atom stereocenters. The van der Waals surface area contributed by atoms with Gasteiger partial charge in [0.25, 0.3) is 0 Å². The van der Waals surface area contributed by atoms with E-state index in [9.17, 15) is 0 Å². The van der Waals surface area contributed by atoms with Crippen LogP contribution in [0.4, 0.5) is 5.69 Å². The van der Waals surface area contributed by atoms with Crippen LogP contribution in [0.15, 0.2) is 12.5 Å². The molecule has 3 heteroatoms. The van der Waals surface area contributed by atoms with Crippen LogP contribution in [0.2, 0.25) is 0 Å². The van der Waals surface area contributed by atoms with Gasteiger partial charge in [-0.05, 0) is 0 Å². The molecule has 0 radical (unpaired) electrons. The molecule has 2 heterocycles. The molecule has 0 fully saturated rings. The third-order valence-corrected chi connectivity index (χ3v) is 2.38. The molecule has 0 amide bonds. The van der Waals surface area contributed by atoms with Gasteiger partial charge in [-0.3, -0.25) is 0 Å². The van der Waals surface area contributed by atoms with E-state index >= 15 is 0 Å². The minimum atomic E-state index is 0.174. The fraction of sp³-hybridized carbons (Fsp3) is 0.556. The largest absolute Gasteiger partial charge is 0.371 e. The first-order valence-electron chi connectivity index (χ1n) is 4.13. The molecular formula is C9H13N3. The second-order valence-corrected chi connectivity index (χ2v) is 4.00. The highest BCUT2D eigenvalue weighted by atomic mass is 15.2.